The molecule has 0 atom stereocenters. The lowest BCUT2D eigenvalue weighted by atomic mass is 10.1. The van der Waals surface area contributed by atoms with Crippen molar-refractivity contribution >= 4 is 34.8 Å². The number of anilines is 1. The number of nitrogens with one attached hydrogen (secondary N) is 1. The molecule has 0 saturated heterocycles. The molecule has 24 heavy (non-hydrogen) atoms. The van der Waals surface area contributed by atoms with Gasteiger partial charge in [0, 0.05) is 26.3 Å². The predicted molar refractivity (Wildman–Crippen MR) is 97.8 cm³/mol. The summed E-state index contributed by atoms with van der Waals surface area (Å²) in [7, 11) is 3.99. The Hall–Kier alpha value is -1.78. The molecular formula is C18H19Cl2FN2O. The van der Waals surface area contributed by atoms with Gasteiger partial charge in [-0.25, -0.2) is 4.39 Å². The molecule has 0 aliphatic heterocycles. The summed E-state index contributed by atoms with van der Waals surface area (Å²) in [5.41, 5.74) is 2.44. The third-order valence-electron chi connectivity index (χ3n) is 3.64. The number of carbonyl (C=O) groups is 1. The van der Waals surface area contributed by atoms with Gasteiger partial charge in [-0.1, -0.05) is 35.3 Å². The number of carbonyl (C=O) groups excluding carboxylic acids is 1. The smallest absolute Gasteiger partial charge is 0.252 e. The van der Waals surface area contributed by atoms with Gasteiger partial charge in [0.2, 0.25) is 0 Å². The van der Waals surface area contributed by atoms with Gasteiger partial charge in [0.1, 0.15) is 5.82 Å². The van der Waals surface area contributed by atoms with Crippen LogP contribution in [0.5, 0.6) is 0 Å². The minimum absolute atomic E-state index is 0.0916. The van der Waals surface area contributed by atoms with Gasteiger partial charge in [0.25, 0.3) is 5.91 Å². The van der Waals surface area contributed by atoms with Gasteiger partial charge in [-0.2, -0.15) is 0 Å². The summed E-state index contributed by atoms with van der Waals surface area (Å²) in [4.78, 5) is 14.1. The van der Waals surface area contributed by atoms with Crippen molar-refractivity contribution in [3.63, 3.8) is 0 Å². The van der Waals surface area contributed by atoms with Gasteiger partial charge in [-0.05, 0) is 42.7 Å². The molecule has 0 bridgehead atoms. The summed E-state index contributed by atoms with van der Waals surface area (Å²) in [5, 5.41) is 2.78. The van der Waals surface area contributed by atoms with Gasteiger partial charge >= 0.3 is 0 Å². The molecular weight excluding hydrogens is 350 g/mol. The first-order valence-corrected chi connectivity index (χ1v) is 8.33. The molecule has 0 heterocycles. The maximum absolute atomic E-state index is 13.4. The van der Waals surface area contributed by atoms with E-state index in [0.29, 0.717) is 6.54 Å². The minimum atomic E-state index is -0.660. The highest BCUT2D eigenvalue weighted by molar-refractivity contribution is 6.36. The highest BCUT2D eigenvalue weighted by atomic mass is 35.5. The lowest BCUT2D eigenvalue weighted by molar-refractivity contribution is 0.0953. The number of hydrogen-bond donors (Lipinski definition) is 1. The summed E-state index contributed by atoms with van der Waals surface area (Å²) < 4.78 is 13.4. The van der Waals surface area contributed by atoms with Crippen molar-refractivity contribution in [2.75, 3.05) is 25.5 Å². The van der Waals surface area contributed by atoms with E-state index in [2.05, 4.69) is 29.6 Å². The van der Waals surface area contributed by atoms with Crippen LogP contribution in [0, 0.1) is 5.82 Å². The van der Waals surface area contributed by atoms with Gasteiger partial charge in [-0.3, -0.25) is 4.79 Å². The maximum atomic E-state index is 13.4. The van der Waals surface area contributed by atoms with E-state index in [1.807, 2.05) is 19.0 Å². The monoisotopic (exact) mass is 368 g/mol. The Morgan fingerprint density at radius 1 is 1.12 bits per heavy atom. The Morgan fingerprint density at radius 3 is 2.42 bits per heavy atom. The average molecular weight is 369 g/mol. The molecule has 1 amide bonds. The van der Waals surface area contributed by atoms with Crippen LogP contribution in [0.2, 0.25) is 10.0 Å². The number of benzene rings is 2. The van der Waals surface area contributed by atoms with Crippen LogP contribution in [0.1, 0.15) is 22.3 Å². The number of hydrogen-bond acceptors (Lipinski definition) is 2. The number of rotatable bonds is 6. The van der Waals surface area contributed by atoms with Crippen LogP contribution in [-0.4, -0.2) is 26.5 Å². The SMILES string of the molecule is CN(C)c1ccc(CCCNC(=O)c2cc(F)c(Cl)cc2Cl)cc1. The molecule has 0 aromatic heterocycles. The molecule has 1 N–H and O–H groups in total. The van der Waals surface area contributed by atoms with Crippen LogP contribution in [0.15, 0.2) is 36.4 Å². The zero-order chi connectivity index (χ0) is 17.7. The molecule has 0 unspecified atom stereocenters. The predicted octanol–water partition coefficient (Wildman–Crippen LogP) is 4.56. The first-order valence-electron chi connectivity index (χ1n) is 7.57. The van der Waals surface area contributed by atoms with Gasteiger partial charge < -0.3 is 10.2 Å². The largest absolute Gasteiger partial charge is 0.378 e. The van der Waals surface area contributed by atoms with E-state index in [1.54, 1.807) is 0 Å². The Morgan fingerprint density at radius 2 is 1.79 bits per heavy atom. The van der Waals surface area contributed by atoms with Crippen LogP contribution in [0.4, 0.5) is 10.1 Å². The van der Waals surface area contributed by atoms with E-state index in [4.69, 9.17) is 23.2 Å². The summed E-state index contributed by atoms with van der Waals surface area (Å²) in [5.74, 6) is -1.06. The standard InChI is InChI=1S/C18H19Cl2FN2O/c1-23(2)13-7-5-12(6-8-13)4-3-9-22-18(24)14-10-17(21)16(20)11-15(14)19/h5-8,10-11H,3-4,9H2,1-2H3,(H,22,24). The van der Waals surface area contributed by atoms with Crippen molar-refractivity contribution in [1.82, 2.24) is 5.32 Å². The van der Waals surface area contributed by atoms with E-state index in [0.717, 1.165) is 24.6 Å². The lowest BCUT2D eigenvalue weighted by Gasteiger charge is -2.12. The molecule has 6 heteroatoms. The molecule has 2 rings (SSSR count). The Kier molecular flexibility index (Phi) is 6.46. The quantitative estimate of drug-likeness (QED) is 0.598. The first kappa shape index (κ1) is 18.6. The lowest BCUT2D eigenvalue weighted by Crippen LogP contribution is -2.25. The van der Waals surface area contributed by atoms with Crippen molar-refractivity contribution in [1.29, 1.82) is 0 Å². The molecule has 0 saturated carbocycles. The highest BCUT2D eigenvalue weighted by Gasteiger charge is 2.13. The second kappa shape index (κ2) is 8.36. The van der Waals surface area contributed by atoms with Crippen molar-refractivity contribution < 1.29 is 9.18 Å². The van der Waals surface area contributed by atoms with Crippen LogP contribution in [0.25, 0.3) is 0 Å². The molecule has 0 radical (unpaired) electrons. The number of halogens is 3. The molecule has 128 valence electrons. The van der Waals surface area contributed by atoms with E-state index in [9.17, 15) is 9.18 Å². The third kappa shape index (κ3) is 4.86. The van der Waals surface area contributed by atoms with E-state index in [1.165, 1.54) is 11.6 Å². The summed E-state index contributed by atoms with van der Waals surface area (Å²) in [6.07, 6.45) is 1.62. The van der Waals surface area contributed by atoms with E-state index < -0.39 is 11.7 Å². The van der Waals surface area contributed by atoms with Crippen molar-refractivity contribution in [2.24, 2.45) is 0 Å². The van der Waals surface area contributed by atoms with Crippen molar-refractivity contribution in [3.05, 3.63) is 63.4 Å². The van der Waals surface area contributed by atoms with Crippen molar-refractivity contribution in [3.8, 4) is 0 Å². The summed E-state index contributed by atoms with van der Waals surface area (Å²) in [6.45, 7) is 0.481. The molecule has 0 aliphatic rings. The minimum Gasteiger partial charge on any atom is -0.378 e. The molecule has 0 aliphatic carbocycles. The second-order valence-corrected chi connectivity index (χ2v) is 6.48. The van der Waals surface area contributed by atoms with Crippen molar-refractivity contribution in [2.45, 2.75) is 12.8 Å². The number of aryl methyl sites for hydroxylation is 1. The molecule has 2 aromatic rings. The average Bonchev–Trinajstić information content (AvgIpc) is 2.55. The third-order valence-corrected chi connectivity index (χ3v) is 4.24. The van der Waals surface area contributed by atoms with Crippen LogP contribution in [0.3, 0.4) is 0 Å². The molecule has 2 aromatic carbocycles. The van der Waals surface area contributed by atoms with E-state index in [-0.39, 0.29) is 15.6 Å². The second-order valence-electron chi connectivity index (χ2n) is 5.67. The van der Waals surface area contributed by atoms with Crippen LogP contribution < -0.4 is 10.2 Å². The van der Waals surface area contributed by atoms with Crippen LogP contribution in [-0.2, 0) is 6.42 Å². The molecule has 0 spiro atoms. The fourth-order valence-electron chi connectivity index (χ4n) is 2.25. The fourth-order valence-corrected chi connectivity index (χ4v) is 2.72. The number of nitrogens with zero attached hydrogens (tertiary/aromatic N) is 1. The van der Waals surface area contributed by atoms with E-state index >= 15 is 0 Å². The zero-order valence-corrected chi connectivity index (χ0v) is 15.1. The summed E-state index contributed by atoms with van der Waals surface area (Å²) >= 11 is 11.6. The Labute approximate surface area is 151 Å². The fraction of sp³-hybridized carbons (Fsp3) is 0.278. The molecule has 0 fully saturated rings. The van der Waals surface area contributed by atoms with Gasteiger partial charge in [0.15, 0.2) is 0 Å². The highest BCUT2D eigenvalue weighted by Crippen LogP contribution is 2.24. The van der Waals surface area contributed by atoms with Gasteiger partial charge in [0.05, 0.1) is 15.6 Å². The number of amides is 1. The van der Waals surface area contributed by atoms with Gasteiger partial charge in [-0.15, -0.1) is 0 Å². The zero-order valence-electron chi connectivity index (χ0n) is 13.6. The molecule has 3 nitrogen and oxygen atoms in total. The summed E-state index contributed by atoms with van der Waals surface area (Å²) in [6, 6.07) is 10.6. The van der Waals surface area contributed by atoms with Crippen LogP contribution >= 0.6 is 23.2 Å². The normalized spacial score (nSPS) is 10.5. The Balaban J connectivity index is 1.84. The Bertz CT molecular complexity index is 718. The topological polar surface area (TPSA) is 32.3 Å². The first-order chi connectivity index (χ1) is 11.4. The maximum Gasteiger partial charge on any atom is 0.252 e.